The van der Waals surface area contributed by atoms with Crippen LogP contribution in [0.1, 0.15) is 43.0 Å². The van der Waals surface area contributed by atoms with Gasteiger partial charge in [-0.25, -0.2) is 8.42 Å². The number of hydrogen-bond donors (Lipinski definition) is 1. The second-order valence-electron chi connectivity index (χ2n) is 11.8. The van der Waals surface area contributed by atoms with Gasteiger partial charge in [0.2, 0.25) is 11.8 Å². The van der Waals surface area contributed by atoms with Crippen molar-refractivity contribution in [3.63, 3.8) is 0 Å². The molecule has 0 aromatic heterocycles. The number of carbonyl (C=O) groups excluding carboxylic acids is 2. The molecule has 4 rings (SSSR count). The summed E-state index contributed by atoms with van der Waals surface area (Å²) in [6, 6.07) is 30.1. The summed E-state index contributed by atoms with van der Waals surface area (Å²) in [4.78, 5) is 30.2. The van der Waals surface area contributed by atoms with Crippen LogP contribution < -0.4 is 9.62 Å². The molecule has 0 aliphatic heterocycles. The highest BCUT2D eigenvalue weighted by Gasteiger charge is 2.35. The number of carbonyl (C=O) groups is 2. The Bertz CT molecular complexity index is 1730. The zero-order valence-corrected chi connectivity index (χ0v) is 29.2. The third kappa shape index (κ3) is 9.07. The fourth-order valence-corrected chi connectivity index (χ4v) is 7.11. The number of benzene rings is 4. The maximum atomic E-state index is 14.7. The monoisotopic (exact) mass is 703 g/mol. The number of nitrogens with zero attached hydrogens (tertiary/aromatic N) is 2. The maximum absolute atomic E-state index is 14.7. The Hall–Kier alpha value is -3.95. The number of halogens is 1. The summed E-state index contributed by atoms with van der Waals surface area (Å²) in [5.74, 6) is -0.568. The van der Waals surface area contributed by atoms with Gasteiger partial charge in [-0.05, 0) is 66.3 Å². The van der Waals surface area contributed by atoms with Crippen LogP contribution >= 0.6 is 15.9 Å². The van der Waals surface area contributed by atoms with E-state index in [9.17, 15) is 18.0 Å². The van der Waals surface area contributed by atoms with Gasteiger partial charge < -0.3 is 10.2 Å². The molecular formula is C37H42BrN3O4S. The lowest BCUT2D eigenvalue weighted by Crippen LogP contribution is -2.53. The van der Waals surface area contributed by atoms with Gasteiger partial charge in [0.25, 0.3) is 10.0 Å². The third-order valence-electron chi connectivity index (χ3n) is 7.73. The van der Waals surface area contributed by atoms with Gasteiger partial charge in [-0.15, -0.1) is 0 Å². The average molecular weight is 705 g/mol. The predicted molar refractivity (Wildman–Crippen MR) is 188 cm³/mol. The number of hydrogen-bond acceptors (Lipinski definition) is 4. The fraction of sp³-hybridized carbons (Fsp3) is 0.297. The fourth-order valence-electron chi connectivity index (χ4n) is 5.21. The van der Waals surface area contributed by atoms with Crippen molar-refractivity contribution in [2.24, 2.45) is 5.92 Å². The Labute approximate surface area is 281 Å². The summed E-state index contributed by atoms with van der Waals surface area (Å²) in [7, 11) is -4.16. The van der Waals surface area contributed by atoms with Crippen LogP contribution in [-0.4, -0.2) is 44.3 Å². The molecular weight excluding hydrogens is 662 g/mol. The van der Waals surface area contributed by atoms with Gasteiger partial charge in [0.1, 0.15) is 12.6 Å². The van der Waals surface area contributed by atoms with E-state index in [1.54, 1.807) is 36.4 Å². The van der Waals surface area contributed by atoms with E-state index in [-0.39, 0.29) is 29.7 Å². The highest BCUT2D eigenvalue weighted by molar-refractivity contribution is 9.10. The Morgan fingerprint density at radius 3 is 2.15 bits per heavy atom. The molecule has 0 bridgehead atoms. The number of nitrogens with one attached hydrogen (secondary N) is 1. The van der Waals surface area contributed by atoms with Crippen LogP contribution in [-0.2, 0) is 39.0 Å². The largest absolute Gasteiger partial charge is 0.354 e. The summed E-state index contributed by atoms with van der Waals surface area (Å²) in [6.07, 6.45) is 0.834. The van der Waals surface area contributed by atoms with Gasteiger partial charge in [-0.2, -0.15) is 0 Å². The van der Waals surface area contributed by atoms with Crippen molar-refractivity contribution in [2.75, 3.05) is 17.4 Å². The number of aryl methyl sites for hydroxylation is 2. The van der Waals surface area contributed by atoms with E-state index in [0.717, 1.165) is 26.7 Å². The standard InChI is InChI=1S/C37H42BrN3O4S/c1-5-31-15-9-10-17-34(31)41(46(44,45)33-20-18-28(4)19-21-33)26-36(42)40(25-30-14-11-16-32(38)22-30)35(37(43)39-24-27(2)3)23-29-12-7-6-8-13-29/h6-22,27,35H,5,23-26H2,1-4H3,(H,39,43). The van der Waals surface area contributed by atoms with Gasteiger partial charge in [-0.1, -0.05) is 115 Å². The van der Waals surface area contributed by atoms with Gasteiger partial charge in [0.15, 0.2) is 0 Å². The predicted octanol–water partition coefficient (Wildman–Crippen LogP) is 6.93. The Balaban J connectivity index is 1.83. The molecule has 1 unspecified atom stereocenters. The minimum atomic E-state index is -4.16. The minimum Gasteiger partial charge on any atom is -0.354 e. The van der Waals surface area contributed by atoms with Gasteiger partial charge in [0.05, 0.1) is 10.6 Å². The minimum absolute atomic E-state index is 0.0888. The van der Waals surface area contributed by atoms with Crippen LogP contribution in [0.4, 0.5) is 5.69 Å². The molecule has 0 radical (unpaired) electrons. The van der Waals surface area contributed by atoms with Crippen molar-refractivity contribution in [3.05, 3.63) is 130 Å². The Morgan fingerprint density at radius 2 is 1.50 bits per heavy atom. The molecule has 0 fully saturated rings. The zero-order chi connectivity index (χ0) is 33.3. The van der Waals surface area contributed by atoms with Crippen molar-refractivity contribution in [2.45, 2.75) is 58.0 Å². The lowest BCUT2D eigenvalue weighted by atomic mass is 10.0. The zero-order valence-electron chi connectivity index (χ0n) is 26.8. The quantitative estimate of drug-likeness (QED) is 0.154. The summed E-state index contributed by atoms with van der Waals surface area (Å²) in [6.45, 7) is 7.93. The smallest absolute Gasteiger partial charge is 0.264 e. The van der Waals surface area contributed by atoms with E-state index in [4.69, 9.17) is 0 Å². The molecule has 1 atom stereocenters. The van der Waals surface area contributed by atoms with Crippen molar-refractivity contribution >= 4 is 43.5 Å². The van der Waals surface area contributed by atoms with E-state index >= 15 is 0 Å². The average Bonchev–Trinajstić information content (AvgIpc) is 3.04. The van der Waals surface area contributed by atoms with Crippen LogP contribution in [0.25, 0.3) is 0 Å². The maximum Gasteiger partial charge on any atom is 0.264 e. The molecule has 46 heavy (non-hydrogen) atoms. The molecule has 1 N–H and O–H groups in total. The van der Waals surface area contributed by atoms with Crippen molar-refractivity contribution in [1.29, 1.82) is 0 Å². The highest BCUT2D eigenvalue weighted by Crippen LogP contribution is 2.29. The molecule has 4 aromatic rings. The highest BCUT2D eigenvalue weighted by atomic mass is 79.9. The molecule has 4 aromatic carbocycles. The lowest BCUT2D eigenvalue weighted by molar-refractivity contribution is -0.140. The van der Waals surface area contributed by atoms with E-state index in [1.807, 2.05) is 94.4 Å². The third-order valence-corrected chi connectivity index (χ3v) is 9.99. The molecule has 9 heteroatoms. The summed E-state index contributed by atoms with van der Waals surface area (Å²) < 4.78 is 30.7. The topological polar surface area (TPSA) is 86.8 Å². The van der Waals surface area contributed by atoms with E-state index < -0.39 is 28.5 Å². The molecule has 2 amide bonds. The van der Waals surface area contributed by atoms with Crippen LogP contribution in [0.5, 0.6) is 0 Å². The Morgan fingerprint density at radius 1 is 0.848 bits per heavy atom. The van der Waals surface area contributed by atoms with Gasteiger partial charge in [0, 0.05) is 24.0 Å². The number of rotatable bonds is 14. The number of sulfonamides is 1. The van der Waals surface area contributed by atoms with E-state index in [2.05, 4.69) is 21.2 Å². The van der Waals surface area contributed by atoms with Crippen molar-refractivity contribution in [1.82, 2.24) is 10.2 Å². The first-order valence-corrected chi connectivity index (χ1v) is 17.8. The summed E-state index contributed by atoms with van der Waals surface area (Å²) in [5, 5.41) is 3.03. The summed E-state index contributed by atoms with van der Waals surface area (Å²) in [5.41, 5.74) is 3.84. The molecule has 0 saturated carbocycles. The molecule has 7 nitrogen and oxygen atoms in total. The second kappa shape index (κ2) is 16.1. The first-order valence-electron chi connectivity index (χ1n) is 15.5. The second-order valence-corrected chi connectivity index (χ2v) is 14.6. The molecule has 242 valence electrons. The molecule has 0 saturated heterocycles. The van der Waals surface area contributed by atoms with Crippen LogP contribution in [0.3, 0.4) is 0 Å². The molecule has 0 aliphatic carbocycles. The van der Waals surface area contributed by atoms with Gasteiger partial charge in [-0.3, -0.25) is 13.9 Å². The number of anilines is 1. The summed E-state index contributed by atoms with van der Waals surface area (Å²) >= 11 is 3.52. The number of amides is 2. The van der Waals surface area contributed by atoms with E-state index in [0.29, 0.717) is 18.7 Å². The van der Waals surface area contributed by atoms with Crippen LogP contribution in [0.15, 0.2) is 112 Å². The first-order chi connectivity index (χ1) is 22.0. The normalized spacial score (nSPS) is 12.0. The lowest BCUT2D eigenvalue weighted by Gasteiger charge is -2.34. The van der Waals surface area contributed by atoms with Crippen LogP contribution in [0.2, 0.25) is 0 Å². The van der Waals surface area contributed by atoms with Crippen LogP contribution in [0, 0.1) is 12.8 Å². The van der Waals surface area contributed by atoms with Crippen molar-refractivity contribution < 1.29 is 18.0 Å². The number of para-hydroxylation sites is 1. The molecule has 0 heterocycles. The Kier molecular flexibility index (Phi) is 12.2. The first kappa shape index (κ1) is 34.9. The van der Waals surface area contributed by atoms with Gasteiger partial charge >= 0.3 is 0 Å². The molecule has 0 spiro atoms. The van der Waals surface area contributed by atoms with E-state index in [1.165, 1.54) is 9.21 Å². The SMILES string of the molecule is CCc1ccccc1N(CC(=O)N(Cc1cccc(Br)c1)C(Cc1ccccc1)C(=O)NCC(C)C)S(=O)(=O)c1ccc(C)cc1. The van der Waals surface area contributed by atoms with Crippen molar-refractivity contribution in [3.8, 4) is 0 Å². The molecule has 0 aliphatic rings.